The molecule has 0 unspecified atom stereocenters. The Morgan fingerprint density at radius 2 is 1.96 bits per heavy atom. The normalized spacial score (nSPS) is 16.9. The number of benzene rings is 2. The largest absolute Gasteiger partial charge is 0.493 e. The monoisotopic (exact) mass is 416 g/mol. The van der Waals surface area contributed by atoms with E-state index in [1.807, 2.05) is 31.2 Å². The Labute approximate surface area is 174 Å². The Morgan fingerprint density at radius 3 is 2.57 bits per heavy atom. The maximum atomic E-state index is 12.3. The van der Waals surface area contributed by atoms with Gasteiger partial charge in [-0.3, -0.25) is 14.7 Å². The summed E-state index contributed by atoms with van der Waals surface area (Å²) in [5.74, 6) is 0.894. The average molecular weight is 417 g/mol. The zero-order valence-electron chi connectivity index (χ0n) is 16.2. The van der Waals surface area contributed by atoms with Crippen LogP contribution in [0.15, 0.2) is 46.3 Å². The molecule has 7 heteroatoms. The van der Waals surface area contributed by atoms with Gasteiger partial charge in [0.1, 0.15) is 6.61 Å². The van der Waals surface area contributed by atoms with Crippen molar-refractivity contribution in [2.75, 3.05) is 21.2 Å². The Hall–Kier alpha value is -2.44. The standard InChI is InChI=1S/C21H21ClN2O3S/c1-13-5-7-14(8-6-13)12-27-19-16(22)9-15(10-17(19)26-4)11-18-20(25)24(3)21(23-2)28-18/h5-11H,12H2,1-4H3/b18-11-,23-21?. The Balaban J connectivity index is 1.84. The Morgan fingerprint density at radius 1 is 1.25 bits per heavy atom. The van der Waals surface area contributed by atoms with Crippen LogP contribution >= 0.6 is 23.4 Å². The molecule has 1 amide bonds. The number of nitrogens with zero attached hydrogens (tertiary/aromatic N) is 2. The molecule has 1 heterocycles. The fraction of sp³-hybridized carbons (Fsp3) is 0.238. The number of amidine groups is 1. The van der Waals surface area contributed by atoms with Gasteiger partial charge in [-0.2, -0.15) is 0 Å². The van der Waals surface area contributed by atoms with Crippen LogP contribution in [-0.4, -0.2) is 37.2 Å². The third kappa shape index (κ3) is 4.34. The van der Waals surface area contributed by atoms with E-state index in [9.17, 15) is 4.79 Å². The van der Waals surface area contributed by atoms with Crippen LogP contribution in [-0.2, 0) is 11.4 Å². The minimum absolute atomic E-state index is 0.0969. The maximum absolute atomic E-state index is 12.3. The minimum atomic E-state index is -0.0969. The van der Waals surface area contributed by atoms with Crippen molar-refractivity contribution in [3.05, 3.63) is 63.0 Å². The van der Waals surface area contributed by atoms with E-state index in [1.54, 1.807) is 39.4 Å². The van der Waals surface area contributed by atoms with Crippen molar-refractivity contribution in [2.24, 2.45) is 4.99 Å². The fourth-order valence-corrected chi connectivity index (χ4v) is 3.90. The van der Waals surface area contributed by atoms with Crippen molar-refractivity contribution in [2.45, 2.75) is 13.5 Å². The maximum Gasteiger partial charge on any atom is 0.266 e. The highest BCUT2D eigenvalue weighted by Gasteiger charge is 2.29. The van der Waals surface area contributed by atoms with Gasteiger partial charge in [-0.1, -0.05) is 41.4 Å². The van der Waals surface area contributed by atoms with Crippen LogP contribution in [0.5, 0.6) is 11.5 Å². The third-order valence-corrected chi connectivity index (χ3v) is 5.68. The van der Waals surface area contributed by atoms with Gasteiger partial charge in [0, 0.05) is 14.1 Å². The lowest BCUT2D eigenvalue weighted by Crippen LogP contribution is -2.23. The molecule has 1 saturated heterocycles. The number of aliphatic imine (C=N–C) groups is 1. The summed E-state index contributed by atoms with van der Waals surface area (Å²) in [6.07, 6.45) is 1.78. The smallest absolute Gasteiger partial charge is 0.266 e. The summed E-state index contributed by atoms with van der Waals surface area (Å²) in [5.41, 5.74) is 2.99. The topological polar surface area (TPSA) is 51.1 Å². The molecule has 0 atom stereocenters. The molecule has 0 spiro atoms. The second kappa shape index (κ2) is 8.71. The molecule has 0 aliphatic carbocycles. The number of halogens is 1. The van der Waals surface area contributed by atoms with Crippen LogP contribution in [0, 0.1) is 6.92 Å². The lowest BCUT2D eigenvalue weighted by atomic mass is 10.1. The summed E-state index contributed by atoms with van der Waals surface area (Å²) in [7, 11) is 4.93. The van der Waals surface area contributed by atoms with Crippen molar-refractivity contribution >= 4 is 40.5 Å². The first-order chi connectivity index (χ1) is 13.4. The second-order valence-electron chi connectivity index (χ2n) is 6.29. The molecule has 0 saturated carbocycles. The van der Waals surface area contributed by atoms with E-state index in [-0.39, 0.29) is 5.91 Å². The van der Waals surface area contributed by atoms with E-state index in [4.69, 9.17) is 21.1 Å². The zero-order chi connectivity index (χ0) is 20.3. The van der Waals surface area contributed by atoms with Gasteiger partial charge in [0.05, 0.1) is 17.0 Å². The number of ether oxygens (including phenoxy) is 2. The van der Waals surface area contributed by atoms with E-state index >= 15 is 0 Å². The van der Waals surface area contributed by atoms with E-state index in [0.717, 1.165) is 11.1 Å². The Kier molecular flexibility index (Phi) is 6.31. The Bertz CT molecular complexity index is 955. The van der Waals surface area contributed by atoms with Gasteiger partial charge in [-0.15, -0.1) is 0 Å². The second-order valence-corrected chi connectivity index (χ2v) is 7.71. The number of thioether (sulfide) groups is 1. The number of carbonyl (C=O) groups is 1. The molecule has 1 aliphatic rings. The van der Waals surface area contributed by atoms with E-state index < -0.39 is 0 Å². The van der Waals surface area contributed by atoms with Gasteiger partial charge in [0.15, 0.2) is 16.7 Å². The highest BCUT2D eigenvalue weighted by Crippen LogP contribution is 2.39. The third-order valence-electron chi connectivity index (χ3n) is 4.25. The number of amides is 1. The lowest BCUT2D eigenvalue weighted by Gasteiger charge is -2.13. The molecule has 1 aliphatic heterocycles. The highest BCUT2D eigenvalue weighted by molar-refractivity contribution is 8.18. The summed E-state index contributed by atoms with van der Waals surface area (Å²) in [5, 5.41) is 1.08. The van der Waals surface area contributed by atoms with Crippen LogP contribution < -0.4 is 9.47 Å². The first-order valence-corrected chi connectivity index (χ1v) is 9.82. The molecule has 2 aromatic carbocycles. The van der Waals surface area contributed by atoms with Crippen LogP contribution in [0.1, 0.15) is 16.7 Å². The summed E-state index contributed by atoms with van der Waals surface area (Å²) in [6, 6.07) is 11.7. The number of rotatable bonds is 5. The number of hydrogen-bond donors (Lipinski definition) is 0. The van der Waals surface area contributed by atoms with E-state index in [2.05, 4.69) is 4.99 Å². The number of carbonyl (C=O) groups excluding carboxylic acids is 1. The molecule has 2 aromatic rings. The molecule has 3 rings (SSSR count). The summed E-state index contributed by atoms with van der Waals surface area (Å²) < 4.78 is 11.4. The SMILES string of the molecule is CN=C1S/C(=C\c2cc(Cl)c(OCc3ccc(C)cc3)c(OC)c2)C(=O)N1C. The molecular formula is C21H21ClN2O3S. The van der Waals surface area contributed by atoms with Crippen molar-refractivity contribution in [3.8, 4) is 11.5 Å². The predicted molar refractivity (Wildman–Crippen MR) is 115 cm³/mol. The van der Waals surface area contributed by atoms with Crippen LogP contribution in [0.3, 0.4) is 0 Å². The first kappa shape index (κ1) is 20.3. The van der Waals surface area contributed by atoms with Gasteiger partial charge in [0.25, 0.3) is 5.91 Å². The predicted octanol–water partition coefficient (Wildman–Crippen LogP) is 4.77. The summed E-state index contributed by atoms with van der Waals surface area (Å²) in [4.78, 5) is 18.5. The molecule has 5 nitrogen and oxygen atoms in total. The summed E-state index contributed by atoms with van der Waals surface area (Å²) >= 11 is 7.78. The van der Waals surface area contributed by atoms with Crippen LogP contribution in [0.2, 0.25) is 5.02 Å². The van der Waals surface area contributed by atoms with Gasteiger partial charge < -0.3 is 9.47 Å². The molecule has 0 radical (unpaired) electrons. The minimum Gasteiger partial charge on any atom is -0.493 e. The van der Waals surface area contributed by atoms with Crippen LogP contribution in [0.25, 0.3) is 6.08 Å². The van der Waals surface area contributed by atoms with Gasteiger partial charge in [0.2, 0.25) is 0 Å². The molecule has 28 heavy (non-hydrogen) atoms. The molecule has 0 bridgehead atoms. The number of likely N-dealkylation sites (N-methyl/N-ethyl adjacent to an activating group) is 1. The molecule has 0 aromatic heterocycles. The van der Waals surface area contributed by atoms with E-state index in [1.165, 1.54) is 22.2 Å². The molecule has 146 valence electrons. The van der Waals surface area contributed by atoms with Crippen molar-refractivity contribution in [3.63, 3.8) is 0 Å². The van der Waals surface area contributed by atoms with Gasteiger partial charge in [-0.25, -0.2) is 0 Å². The average Bonchev–Trinajstić information content (AvgIpc) is 2.96. The molecule has 0 N–H and O–H groups in total. The molecular weight excluding hydrogens is 396 g/mol. The fourth-order valence-electron chi connectivity index (χ4n) is 2.70. The van der Waals surface area contributed by atoms with Gasteiger partial charge in [-0.05, 0) is 48.0 Å². The molecule has 1 fully saturated rings. The summed E-state index contributed by atoms with van der Waals surface area (Å²) in [6.45, 7) is 2.42. The lowest BCUT2D eigenvalue weighted by molar-refractivity contribution is -0.121. The van der Waals surface area contributed by atoms with Crippen LogP contribution in [0.4, 0.5) is 0 Å². The van der Waals surface area contributed by atoms with Crippen molar-refractivity contribution in [1.82, 2.24) is 4.90 Å². The van der Waals surface area contributed by atoms with E-state index in [0.29, 0.717) is 33.2 Å². The van der Waals surface area contributed by atoms with Crippen molar-refractivity contribution < 1.29 is 14.3 Å². The van der Waals surface area contributed by atoms with Crippen molar-refractivity contribution in [1.29, 1.82) is 0 Å². The number of methoxy groups -OCH3 is 1. The van der Waals surface area contributed by atoms with Gasteiger partial charge >= 0.3 is 0 Å². The number of aryl methyl sites for hydroxylation is 1. The highest BCUT2D eigenvalue weighted by atomic mass is 35.5. The zero-order valence-corrected chi connectivity index (χ0v) is 17.7. The first-order valence-electron chi connectivity index (χ1n) is 8.63. The number of hydrogen-bond acceptors (Lipinski definition) is 5. The quantitative estimate of drug-likeness (QED) is 0.659.